The zero-order valence-corrected chi connectivity index (χ0v) is 16.2. The van der Waals surface area contributed by atoms with E-state index in [1.807, 2.05) is 52.0 Å². The molecule has 1 aromatic rings. The Bertz CT molecular complexity index is 652. The van der Waals surface area contributed by atoms with Crippen LogP contribution < -0.4 is 10.2 Å². The molecule has 0 unspecified atom stereocenters. The van der Waals surface area contributed by atoms with Crippen molar-refractivity contribution >= 4 is 22.6 Å². The zero-order chi connectivity index (χ0) is 18.2. The number of hydrogen-bond donors (Lipinski definition) is 1. The monoisotopic (exact) mass is 353 g/mol. The summed E-state index contributed by atoms with van der Waals surface area (Å²) in [6.45, 7) is 11.9. The van der Waals surface area contributed by atoms with E-state index in [0.717, 1.165) is 11.0 Å². The van der Waals surface area contributed by atoms with E-state index in [2.05, 4.69) is 4.72 Å². The van der Waals surface area contributed by atoms with Crippen molar-refractivity contribution in [2.45, 2.75) is 64.4 Å². The molecule has 1 heterocycles. The van der Waals surface area contributed by atoms with Gasteiger partial charge < -0.3 is 9.31 Å². The fourth-order valence-corrected chi connectivity index (χ4v) is 3.04. The topological polar surface area (TPSA) is 64.6 Å². The molecule has 134 valence electrons. The molecule has 0 radical (unpaired) electrons. The third kappa shape index (κ3) is 4.20. The summed E-state index contributed by atoms with van der Waals surface area (Å²) in [5.74, 6) is 0. The van der Waals surface area contributed by atoms with Gasteiger partial charge in [0.2, 0.25) is 10.0 Å². The van der Waals surface area contributed by atoms with Crippen LogP contribution in [0.2, 0.25) is 0 Å². The Morgan fingerprint density at radius 1 is 1.04 bits per heavy atom. The van der Waals surface area contributed by atoms with Gasteiger partial charge in [-0.15, -0.1) is 0 Å². The molecule has 1 fully saturated rings. The lowest BCUT2D eigenvalue weighted by Gasteiger charge is -2.32. The average Bonchev–Trinajstić information content (AvgIpc) is 2.68. The van der Waals surface area contributed by atoms with Gasteiger partial charge in [0.25, 0.3) is 0 Å². The van der Waals surface area contributed by atoms with E-state index in [-0.39, 0.29) is 18.3 Å². The van der Waals surface area contributed by atoms with Gasteiger partial charge in [0.1, 0.15) is 0 Å². The van der Waals surface area contributed by atoms with E-state index < -0.39 is 15.3 Å². The lowest BCUT2D eigenvalue weighted by molar-refractivity contribution is 0.00578. The smallest absolute Gasteiger partial charge is 0.399 e. The second-order valence-electron chi connectivity index (χ2n) is 7.57. The van der Waals surface area contributed by atoms with Crippen LogP contribution in [0, 0.1) is 0 Å². The average molecular weight is 353 g/mol. The Balaban J connectivity index is 1.95. The first-order chi connectivity index (χ1) is 10.9. The number of rotatable bonds is 6. The summed E-state index contributed by atoms with van der Waals surface area (Å²) in [7, 11) is -3.58. The Kier molecular flexibility index (Phi) is 5.50. The molecule has 0 amide bonds. The van der Waals surface area contributed by atoms with Gasteiger partial charge in [-0.2, -0.15) is 0 Å². The quantitative estimate of drug-likeness (QED) is 0.793. The fourth-order valence-electron chi connectivity index (χ4n) is 2.32. The van der Waals surface area contributed by atoms with Crippen LogP contribution in [0.15, 0.2) is 24.3 Å². The summed E-state index contributed by atoms with van der Waals surface area (Å²) in [5.41, 5.74) is 1.33. The Hall–Kier alpha value is -0.885. The first-order valence-electron chi connectivity index (χ1n) is 8.37. The van der Waals surface area contributed by atoms with Crippen LogP contribution in [-0.2, 0) is 25.8 Å². The second-order valence-corrected chi connectivity index (χ2v) is 9.89. The van der Waals surface area contributed by atoms with Gasteiger partial charge in [-0.25, -0.2) is 13.1 Å². The van der Waals surface area contributed by atoms with Crippen molar-refractivity contribution in [2.24, 2.45) is 0 Å². The minimum absolute atomic E-state index is 0.356. The predicted octanol–water partition coefficient (Wildman–Crippen LogP) is 1.86. The van der Waals surface area contributed by atoms with Gasteiger partial charge in [0.15, 0.2) is 0 Å². The van der Waals surface area contributed by atoms with E-state index >= 15 is 0 Å². The minimum atomic E-state index is -3.21. The van der Waals surface area contributed by atoms with Gasteiger partial charge in [0, 0.05) is 6.54 Å². The largest absolute Gasteiger partial charge is 0.494 e. The zero-order valence-electron chi connectivity index (χ0n) is 15.4. The second kappa shape index (κ2) is 6.79. The molecule has 1 saturated heterocycles. The number of nitrogens with one attached hydrogen (secondary N) is 1. The summed E-state index contributed by atoms with van der Waals surface area (Å²) in [6, 6.07) is 7.94. The Morgan fingerprint density at radius 3 is 2.00 bits per heavy atom. The maximum absolute atomic E-state index is 11.7. The highest BCUT2D eigenvalue weighted by atomic mass is 32.2. The number of sulfonamides is 1. The van der Waals surface area contributed by atoms with Crippen LogP contribution in [0.5, 0.6) is 0 Å². The van der Waals surface area contributed by atoms with Gasteiger partial charge in [-0.3, -0.25) is 0 Å². The molecular weight excluding hydrogens is 325 g/mol. The summed E-state index contributed by atoms with van der Waals surface area (Å²) < 4.78 is 38.1. The fraction of sp³-hybridized carbons (Fsp3) is 0.647. The van der Waals surface area contributed by atoms with Crippen LogP contribution in [0.4, 0.5) is 0 Å². The maximum atomic E-state index is 11.7. The molecule has 0 bridgehead atoms. The molecule has 7 heteroatoms. The van der Waals surface area contributed by atoms with Crippen molar-refractivity contribution in [3.8, 4) is 0 Å². The number of hydrogen-bond acceptors (Lipinski definition) is 4. The summed E-state index contributed by atoms with van der Waals surface area (Å²) in [6.07, 6.45) is 0.648. The minimum Gasteiger partial charge on any atom is -0.399 e. The maximum Gasteiger partial charge on any atom is 0.494 e. The highest BCUT2D eigenvalue weighted by molar-refractivity contribution is 7.90. The molecule has 5 nitrogen and oxygen atoms in total. The number of benzene rings is 1. The third-order valence-electron chi connectivity index (χ3n) is 4.84. The molecule has 0 saturated carbocycles. The third-order valence-corrected chi connectivity index (χ3v) is 6.69. The Labute approximate surface area is 146 Å². The van der Waals surface area contributed by atoms with Gasteiger partial charge >= 0.3 is 7.12 Å². The van der Waals surface area contributed by atoms with Gasteiger partial charge in [0.05, 0.1) is 16.5 Å². The molecular formula is C17H28BNO4S. The molecule has 2 rings (SSSR count). The van der Waals surface area contributed by atoms with Crippen molar-refractivity contribution in [1.82, 2.24) is 4.72 Å². The molecule has 1 aliphatic rings. The summed E-state index contributed by atoms with van der Waals surface area (Å²) in [5, 5.41) is -0.414. The van der Waals surface area contributed by atoms with Crippen LogP contribution in [0.25, 0.3) is 0 Å². The lowest BCUT2D eigenvalue weighted by Crippen LogP contribution is -2.41. The van der Waals surface area contributed by atoms with Crippen molar-refractivity contribution in [1.29, 1.82) is 0 Å². The molecule has 0 atom stereocenters. The first-order valence-corrected chi connectivity index (χ1v) is 9.92. The van der Waals surface area contributed by atoms with Crippen LogP contribution >= 0.6 is 0 Å². The van der Waals surface area contributed by atoms with Crippen molar-refractivity contribution < 1.29 is 17.7 Å². The van der Waals surface area contributed by atoms with E-state index in [9.17, 15) is 8.42 Å². The van der Waals surface area contributed by atoms with Crippen LogP contribution in [0.3, 0.4) is 0 Å². The SMILES string of the molecule is CC(C)S(=O)(=O)NCCc1ccc(B2OC(C)(C)C(C)(C)O2)cc1. The molecule has 1 aromatic carbocycles. The van der Waals surface area contributed by atoms with Crippen molar-refractivity contribution in [2.75, 3.05) is 6.54 Å². The molecule has 1 N–H and O–H groups in total. The van der Waals surface area contributed by atoms with E-state index in [0.29, 0.717) is 13.0 Å². The van der Waals surface area contributed by atoms with Crippen molar-refractivity contribution in [3.05, 3.63) is 29.8 Å². The normalized spacial score (nSPS) is 19.9. The lowest BCUT2D eigenvalue weighted by atomic mass is 9.79. The highest BCUT2D eigenvalue weighted by Gasteiger charge is 2.51. The van der Waals surface area contributed by atoms with E-state index in [1.54, 1.807) is 13.8 Å². The molecule has 0 aromatic heterocycles. The van der Waals surface area contributed by atoms with Gasteiger partial charge in [-0.05, 0) is 59.0 Å². The summed E-state index contributed by atoms with van der Waals surface area (Å²) >= 11 is 0. The van der Waals surface area contributed by atoms with Crippen LogP contribution in [0.1, 0.15) is 47.1 Å². The summed E-state index contributed by atoms with van der Waals surface area (Å²) in [4.78, 5) is 0. The van der Waals surface area contributed by atoms with Crippen molar-refractivity contribution in [3.63, 3.8) is 0 Å². The molecule has 1 aliphatic heterocycles. The molecule has 24 heavy (non-hydrogen) atoms. The molecule has 0 aliphatic carbocycles. The van der Waals surface area contributed by atoms with E-state index in [1.165, 1.54) is 0 Å². The van der Waals surface area contributed by atoms with E-state index in [4.69, 9.17) is 9.31 Å². The Morgan fingerprint density at radius 2 is 1.54 bits per heavy atom. The highest BCUT2D eigenvalue weighted by Crippen LogP contribution is 2.36. The van der Waals surface area contributed by atoms with Crippen LogP contribution in [-0.4, -0.2) is 38.5 Å². The predicted molar refractivity (Wildman–Crippen MR) is 97.9 cm³/mol. The first kappa shape index (κ1) is 19.4. The standard InChI is InChI=1S/C17H28BNO4S/c1-13(2)24(20,21)19-12-11-14-7-9-15(10-8-14)18-22-16(3,4)17(5,6)23-18/h7-10,13,19H,11-12H2,1-6H3. The molecule has 0 spiro atoms. The van der Waals surface area contributed by atoms with Gasteiger partial charge in [-0.1, -0.05) is 24.3 Å².